The molecule has 3 rings (SSSR count). The molecule has 1 heterocycles. The molecule has 7 heteroatoms. The van der Waals surface area contributed by atoms with E-state index in [9.17, 15) is 4.79 Å². The number of amides is 1. The van der Waals surface area contributed by atoms with E-state index >= 15 is 0 Å². The number of carbonyl (C=O) groups is 1. The van der Waals surface area contributed by atoms with Crippen LogP contribution in [0.3, 0.4) is 0 Å². The topological polar surface area (TPSA) is 55.3 Å². The molecule has 27 heavy (non-hydrogen) atoms. The summed E-state index contributed by atoms with van der Waals surface area (Å²) in [7, 11) is 1.69. The van der Waals surface area contributed by atoms with Crippen LogP contribution in [0.5, 0.6) is 5.75 Å². The Labute approximate surface area is 170 Å². The van der Waals surface area contributed by atoms with Gasteiger partial charge in [-0.15, -0.1) is 10.2 Å². The average molecular weight is 444 g/mol. The van der Waals surface area contributed by atoms with E-state index in [0.29, 0.717) is 11.7 Å². The maximum Gasteiger partial charge on any atom is 0.252 e. The summed E-state index contributed by atoms with van der Waals surface area (Å²) < 4.78 is 6.41. The van der Waals surface area contributed by atoms with Crippen molar-refractivity contribution in [2.75, 3.05) is 18.6 Å². The number of likely N-dealkylation sites (N-methyl/N-ethyl adjacent to an activating group) is 1. The van der Waals surface area contributed by atoms with Crippen molar-refractivity contribution in [3.63, 3.8) is 0 Å². The van der Waals surface area contributed by atoms with Crippen molar-refractivity contribution in [3.05, 3.63) is 64.6 Å². The summed E-state index contributed by atoms with van der Waals surface area (Å²) in [4.78, 5) is 13.9. The highest BCUT2D eigenvalue weighted by Crippen LogP contribution is 2.29. The number of halogens is 1. The SMILES string of the molecule is CCOc1ccc(/C=C/C(=O)N(C)c2nnc(-c3ccc(Br)cc3)s2)cc1. The zero-order valence-corrected chi connectivity index (χ0v) is 17.3. The molecule has 0 radical (unpaired) electrons. The number of anilines is 1. The first-order chi connectivity index (χ1) is 13.1. The zero-order valence-electron chi connectivity index (χ0n) is 14.9. The standard InChI is InChI=1S/C20H18BrN3O2S/c1-3-26-17-11-4-14(5-12-17)6-13-18(25)24(2)20-23-22-19(27-20)15-7-9-16(21)10-8-15/h4-13H,3H2,1-2H3/b13-6+. The lowest BCUT2D eigenvalue weighted by molar-refractivity contribution is -0.113. The molecule has 0 aliphatic rings. The molecule has 0 bridgehead atoms. The third-order valence-corrected chi connectivity index (χ3v) is 5.31. The van der Waals surface area contributed by atoms with Crippen molar-refractivity contribution in [3.8, 4) is 16.3 Å². The van der Waals surface area contributed by atoms with E-state index in [4.69, 9.17) is 4.74 Å². The lowest BCUT2D eigenvalue weighted by Crippen LogP contribution is -2.23. The first-order valence-corrected chi connectivity index (χ1v) is 9.96. The maximum atomic E-state index is 12.4. The molecule has 0 saturated carbocycles. The smallest absolute Gasteiger partial charge is 0.252 e. The lowest BCUT2D eigenvalue weighted by Gasteiger charge is -2.09. The molecule has 5 nitrogen and oxygen atoms in total. The van der Waals surface area contributed by atoms with E-state index in [1.54, 1.807) is 13.1 Å². The van der Waals surface area contributed by atoms with Crippen molar-refractivity contribution < 1.29 is 9.53 Å². The summed E-state index contributed by atoms with van der Waals surface area (Å²) in [6, 6.07) is 15.4. The minimum atomic E-state index is -0.164. The van der Waals surface area contributed by atoms with Crippen LogP contribution in [-0.4, -0.2) is 29.8 Å². The summed E-state index contributed by atoms with van der Waals surface area (Å²) in [6.45, 7) is 2.57. The van der Waals surface area contributed by atoms with Gasteiger partial charge in [0.2, 0.25) is 5.13 Å². The Morgan fingerprint density at radius 2 is 1.85 bits per heavy atom. The van der Waals surface area contributed by atoms with Gasteiger partial charge in [-0.05, 0) is 42.8 Å². The Balaban J connectivity index is 1.67. The Morgan fingerprint density at radius 3 is 2.52 bits per heavy atom. The molecule has 0 fully saturated rings. The molecule has 0 aliphatic heterocycles. The molecule has 1 amide bonds. The van der Waals surface area contributed by atoms with Crippen LogP contribution < -0.4 is 9.64 Å². The molecule has 1 aromatic heterocycles. The fraction of sp³-hybridized carbons (Fsp3) is 0.150. The Kier molecular flexibility index (Phi) is 6.36. The number of rotatable bonds is 6. The molecular weight excluding hydrogens is 426 g/mol. The molecule has 0 N–H and O–H groups in total. The number of aromatic nitrogens is 2. The van der Waals surface area contributed by atoms with Crippen LogP contribution in [0.25, 0.3) is 16.6 Å². The largest absolute Gasteiger partial charge is 0.494 e. The quantitative estimate of drug-likeness (QED) is 0.500. The molecule has 0 aliphatic carbocycles. The number of benzene rings is 2. The first kappa shape index (κ1) is 19.3. The third kappa shape index (κ3) is 5.02. The van der Waals surface area contributed by atoms with E-state index in [1.807, 2.05) is 55.5 Å². The van der Waals surface area contributed by atoms with E-state index in [-0.39, 0.29) is 5.91 Å². The molecule has 0 spiro atoms. The highest BCUT2D eigenvalue weighted by atomic mass is 79.9. The predicted molar refractivity (Wildman–Crippen MR) is 113 cm³/mol. The maximum absolute atomic E-state index is 12.4. The average Bonchev–Trinajstić information content (AvgIpc) is 3.17. The van der Waals surface area contributed by atoms with E-state index in [2.05, 4.69) is 26.1 Å². The number of hydrogen-bond acceptors (Lipinski definition) is 5. The van der Waals surface area contributed by atoms with Crippen molar-refractivity contribution in [1.82, 2.24) is 10.2 Å². The van der Waals surface area contributed by atoms with Crippen LogP contribution in [0.1, 0.15) is 12.5 Å². The lowest BCUT2D eigenvalue weighted by atomic mass is 10.2. The number of hydrogen-bond donors (Lipinski definition) is 0. The summed E-state index contributed by atoms with van der Waals surface area (Å²) in [6.07, 6.45) is 3.29. The number of carbonyl (C=O) groups excluding carboxylic acids is 1. The molecule has 2 aromatic carbocycles. The van der Waals surface area contributed by atoms with Gasteiger partial charge < -0.3 is 4.74 Å². The summed E-state index contributed by atoms with van der Waals surface area (Å²) >= 11 is 4.79. The van der Waals surface area contributed by atoms with Crippen molar-refractivity contribution >= 4 is 44.4 Å². The number of nitrogens with zero attached hydrogens (tertiary/aromatic N) is 3. The summed E-state index contributed by atoms with van der Waals surface area (Å²) in [5.41, 5.74) is 1.89. The van der Waals surface area contributed by atoms with Crippen LogP contribution in [0.4, 0.5) is 5.13 Å². The third-order valence-electron chi connectivity index (χ3n) is 3.73. The number of ether oxygens (including phenoxy) is 1. The van der Waals surface area contributed by atoms with Gasteiger partial charge in [0, 0.05) is 23.2 Å². The minimum absolute atomic E-state index is 0.164. The zero-order chi connectivity index (χ0) is 19.2. The second-order valence-electron chi connectivity index (χ2n) is 5.63. The van der Waals surface area contributed by atoms with Gasteiger partial charge in [-0.1, -0.05) is 51.5 Å². The van der Waals surface area contributed by atoms with Crippen molar-refractivity contribution in [2.24, 2.45) is 0 Å². The highest BCUT2D eigenvalue weighted by Gasteiger charge is 2.14. The monoisotopic (exact) mass is 443 g/mol. The second-order valence-corrected chi connectivity index (χ2v) is 7.50. The molecule has 138 valence electrons. The van der Waals surface area contributed by atoms with Crippen LogP contribution in [-0.2, 0) is 4.79 Å². The highest BCUT2D eigenvalue weighted by molar-refractivity contribution is 9.10. The Bertz CT molecular complexity index is 937. The van der Waals surface area contributed by atoms with Gasteiger partial charge in [0.1, 0.15) is 10.8 Å². The van der Waals surface area contributed by atoms with Gasteiger partial charge in [-0.3, -0.25) is 9.69 Å². The summed E-state index contributed by atoms with van der Waals surface area (Å²) in [5.74, 6) is 0.648. The van der Waals surface area contributed by atoms with Crippen LogP contribution >= 0.6 is 27.3 Å². The van der Waals surface area contributed by atoms with E-state index < -0.39 is 0 Å². The van der Waals surface area contributed by atoms with Crippen LogP contribution in [0.15, 0.2) is 59.1 Å². The summed E-state index contributed by atoms with van der Waals surface area (Å²) in [5, 5.41) is 9.64. The van der Waals surface area contributed by atoms with Gasteiger partial charge in [-0.25, -0.2) is 0 Å². The first-order valence-electron chi connectivity index (χ1n) is 8.35. The van der Waals surface area contributed by atoms with Crippen LogP contribution in [0, 0.1) is 0 Å². The van der Waals surface area contributed by atoms with Gasteiger partial charge in [0.15, 0.2) is 0 Å². The fourth-order valence-corrected chi connectivity index (χ4v) is 3.36. The molecule has 3 aromatic rings. The molecule has 0 unspecified atom stereocenters. The molecule has 0 atom stereocenters. The molecule has 0 saturated heterocycles. The Morgan fingerprint density at radius 1 is 1.15 bits per heavy atom. The predicted octanol–water partition coefficient (Wildman–Crippen LogP) is 5.04. The van der Waals surface area contributed by atoms with Gasteiger partial charge in [0.25, 0.3) is 5.91 Å². The van der Waals surface area contributed by atoms with Gasteiger partial charge in [-0.2, -0.15) is 0 Å². The van der Waals surface area contributed by atoms with Gasteiger partial charge >= 0.3 is 0 Å². The fourth-order valence-electron chi connectivity index (χ4n) is 2.28. The normalized spacial score (nSPS) is 10.9. The van der Waals surface area contributed by atoms with Crippen LogP contribution in [0.2, 0.25) is 0 Å². The minimum Gasteiger partial charge on any atom is -0.494 e. The molecular formula is C20H18BrN3O2S. The van der Waals surface area contributed by atoms with Crippen molar-refractivity contribution in [2.45, 2.75) is 6.92 Å². The second kappa shape index (κ2) is 8.92. The van der Waals surface area contributed by atoms with Gasteiger partial charge in [0.05, 0.1) is 6.61 Å². The Hall–Kier alpha value is -2.51. The van der Waals surface area contributed by atoms with E-state index in [0.717, 1.165) is 26.4 Å². The van der Waals surface area contributed by atoms with E-state index in [1.165, 1.54) is 22.3 Å². The van der Waals surface area contributed by atoms with Crippen molar-refractivity contribution in [1.29, 1.82) is 0 Å².